The first kappa shape index (κ1) is 25.3. The first-order chi connectivity index (χ1) is 16.8. The summed E-state index contributed by atoms with van der Waals surface area (Å²) in [6.07, 6.45) is 1.63. The maximum absolute atomic E-state index is 15.0. The Morgan fingerprint density at radius 2 is 1.46 bits per heavy atom. The van der Waals surface area contributed by atoms with Crippen molar-refractivity contribution in [1.29, 1.82) is 0 Å². The fourth-order valence-electron chi connectivity index (χ4n) is 4.53. The lowest BCUT2D eigenvalue weighted by Gasteiger charge is -2.29. The number of hydrogen-bond acceptors (Lipinski definition) is 2. The Bertz CT molecular complexity index is 1200. The van der Waals surface area contributed by atoms with Crippen molar-refractivity contribution in [3.63, 3.8) is 0 Å². The van der Waals surface area contributed by atoms with Crippen molar-refractivity contribution in [2.45, 2.75) is 51.7 Å². The molecule has 186 valence electrons. The van der Waals surface area contributed by atoms with Gasteiger partial charge in [-0.3, -0.25) is 0 Å². The van der Waals surface area contributed by atoms with Crippen LogP contribution < -0.4 is 0 Å². The number of benzene rings is 3. The maximum atomic E-state index is 15.0. The molecule has 1 heterocycles. The van der Waals surface area contributed by atoms with Crippen LogP contribution in [0.15, 0.2) is 42.5 Å². The first-order valence-electron chi connectivity index (χ1n) is 11.8. The molecule has 1 aliphatic rings. The van der Waals surface area contributed by atoms with E-state index in [2.05, 4.69) is 0 Å². The predicted molar refractivity (Wildman–Crippen MR) is 124 cm³/mol. The molecule has 0 N–H and O–H groups in total. The number of aryl methyl sites for hydroxylation is 1. The summed E-state index contributed by atoms with van der Waals surface area (Å²) < 4.78 is 85.4. The van der Waals surface area contributed by atoms with Crippen LogP contribution in [0.2, 0.25) is 0 Å². The molecule has 0 bridgehead atoms. The molecule has 0 saturated carbocycles. The normalized spacial score (nSPS) is 18.1. The van der Waals surface area contributed by atoms with Crippen molar-refractivity contribution in [3.8, 4) is 22.3 Å². The van der Waals surface area contributed by atoms with E-state index in [1.54, 1.807) is 0 Å². The summed E-state index contributed by atoms with van der Waals surface area (Å²) in [5, 5.41) is 0. The third-order valence-corrected chi connectivity index (χ3v) is 6.35. The van der Waals surface area contributed by atoms with Crippen molar-refractivity contribution in [3.05, 3.63) is 82.7 Å². The molecule has 3 aromatic carbocycles. The third kappa shape index (κ3) is 5.11. The molecule has 0 aliphatic carbocycles. The molecule has 3 aromatic rings. The third-order valence-electron chi connectivity index (χ3n) is 6.35. The summed E-state index contributed by atoms with van der Waals surface area (Å²) in [4.78, 5) is 0. The van der Waals surface area contributed by atoms with Crippen LogP contribution in [-0.2, 0) is 15.9 Å². The van der Waals surface area contributed by atoms with Gasteiger partial charge in [-0.05, 0) is 43.4 Å². The summed E-state index contributed by atoms with van der Waals surface area (Å²) in [6.45, 7) is 4.59. The van der Waals surface area contributed by atoms with Gasteiger partial charge in [0.05, 0.1) is 18.8 Å². The standard InChI is InChI=1S/C28H27F5O2/c1-3-5-16-6-7-17(14-23(16)29)19-9-10-20(26(31)25(19)30)21-11-12-22(28(33)27(21)32)24-13-8-18(15-35-24)34-4-2/h6-7,9-12,14,18,24H,3-5,8,13,15H2,1-2H3. The molecule has 2 atom stereocenters. The zero-order valence-corrected chi connectivity index (χ0v) is 19.6. The monoisotopic (exact) mass is 490 g/mol. The number of halogens is 5. The second-order valence-electron chi connectivity index (χ2n) is 8.65. The van der Waals surface area contributed by atoms with Crippen LogP contribution >= 0.6 is 0 Å². The largest absolute Gasteiger partial charge is 0.376 e. The van der Waals surface area contributed by atoms with E-state index in [-0.39, 0.29) is 29.4 Å². The van der Waals surface area contributed by atoms with E-state index < -0.39 is 46.3 Å². The van der Waals surface area contributed by atoms with E-state index in [9.17, 15) is 13.2 Å². The fraction of sp³-hybridized carbons (Fsp3) is 0.357. The van der Waals surface area contributed by atoms with Crippen LogP contribution in [0.3, 0.4) is 0 Å². The van der Waals surface area contributed by atoms with Gasteiger partial charge in [-0.1, -0.05) is 49.7 Å². The van der Waals surface area contributed by atoms with Gasteiger partial charge in [-0.2, -0.15) is 0 Å². The molecule has 0 spiro atoms. The second-order valence-corrected chi connectivity index (χ2v) is 8.65. The molecule has 2 unspecified atom stereocenters. The van der Waals surface area contributed by atoms with Gasteiger partial charge < -0.3 is 9.47 Å². The van der Waals surface area contributed by atoms with E-state index in [1.807, 2.05) is 13.8 Å². The highest BCUT2D eigenvalue weighted by Gasteiger charge is 2.28. The Balaban J connectivity index is 1.63. The zero-order valence-electron chi connectivity index (χ0n) is 19.6. The van der Waals surface area contributed by atoms with Crippen molar-refractivity contribution >= 4 is 0 Å². The Labute approximate surface area is 201 Å². The minimum absolute atomic E-state index is 0.0290. The van der Waals surface area contributed by atoms with Crippen LogP contribution in [0.1, 0.15) is 50.3 Å². The first-order valence-corrected chi connectivity index (χ1v) is 11.8. The molecule has 35 heavy (non-hydrogen) atoms. The van der Waals surface area contributed by atoms with Gasteiger partial charge in [-0.25, -0.2) is 22.0 Å². The summed E-state index contributed by atoms with van der Waals surface area (Å²) >= 11 is 0. The second kappa shape index (κ2) is 10.9. The highest BCUT2D eigenvalue weighted by atomic mass is 19.2. The van der Waals surface area contributed by atoms with Crippen LogP contribution in [0, 0.1) is 29.1 Å². The van der Waals surface area contributed by atoms with Gasteiger partial charge in [0.25, 0.3) is 0 Å². The highest BCUT2D eigenvalue weighted by molar-refractivity contribution is 5.72. The minimum Gasteiger partial charge on any atom is -0.376 e. The number of hydrogen-bond donors (Lipinski definition) is 0. The van der Waals surface area contributed by atoms with Gasteiger partial charge in [0, 0.05) is 28.9 Å². The lowest BCUT2D eigenvalue weighted by atomic mass is 9.94. The zero-order chi connectivity index (χ0) is 25.1. The molecule has 7 heteroatoms. The summed E-state index contributed by atoms with van der Waals surface area (Å²) in [7, 11) is 0. The summed E-state index contributed by atoms with van der Waals surface area (Å²) in [6, 6.07) is 9.18. The number of ether oxygens (including phenoxy) is 2. The summed E-state index contributed by atoms with van der Waals surface area (Å²) in [5.41, 5.74) is -0.305. The molecular weight excluding hydrogens is 463 g/mol. The van der Waals surface area contributed by atoms with E-state index in [1.165, 1.54) is 36.4 Å². The van der Waals surface area contributed by atoms with Gasteiger partial charge in [0.2, 0.25) is 0 Å². The van der Waals surface area contributed by atoms with Gasteiger partial charge in [-0.15, -0.1) is 0 Å². The summed E-state index contributed by atoms with van der Waals surface area (Å²) in [5.74, 6) is -5.53. The highest BCUT2D eigenvalue weighted by Crippen LogP contribution is 2.37. The minimum atomic E-state index is -1.33. The average molecular weight is 491 g/mol. The lowest BCUT2D eigenvalue weighted by Crippen LogP contribution is -2.28. The Morgan fingerprint density at radius 1 is 0.800 bits per heavy atom. The van der Waals surface area contributed by atoms with Gasteiger partial charge >= 0.3 is 0 Å². The predicted octanol–water partition coefficient (Wildman–Crippen LogP) is 7.93. The van der Waals surface area contributed by atoms with E-state index in [0.29, 0.717) is 31.4 Å². The van der Waals surface area contributed by atoms with Crippen LogP contribution in [-0.4, -0.2) is 19.3 Å². The fourth-order valence-corrected chi connectivity index (χ4v) is 4.53. The molecule has 0 aromatic heterocycles. The van der Waals surface area contributed by atoms with Gasteiger partial charge in [0.15, 0.2) is 23.3 Å². The van der Waals surface area contributed by atoms with E-state index in [4.69, 9.17) is 9.47 Å². The smallest absolute Gasteiger partial charge is 0.167 e. The van der Waals surface area contributed by atoms with Crippen LogP contribution in [0.5, 0.6) is 0 Å². The topological polar surface area (TPSA) is 18.5 Å². The molecule has 1 fully saturated rings. The lowest BCUT2D eigenvalue weighted by molar-refractivity contribution is -0.0850. The molecular formula is C28H27F5O2. The van der Waals surface area contributed by atoms with E-state index in [0.717, 1.165) is 12.5 Å². The Kier molecular flexibility index (Phi) is 7.87. The maximum Gasteiger partial charge on any atom is 0.167 e. The molecule has 1 aliphatic heterocycles. The van der Waals surface area contributed by atoms with Crippen molar-refractivity contribution < 1.29 is 31.4 Å². The van der Waals surface area contributed by atoms with E-state index >= 15 is 8.78 Å². The average Bonchev–Trinajstić information content (AvgIpc) is 2.85. The van der Waals surface area contributed by atoms with Crippen molar-refractivity contribution in [2.75, 3.05) is 13.2 Å². The SMILES string of the molecule is CCCc1ccc(-c2ccc(-c3ccc(C4CCC(OCC)CO4)c(F)c3F)c(F)c2F)cc1F. The van der Waals surface area contributed by atoms with Crippen LogP contribution in [0.4, 0.5) is 22.0 Å². The molecule has 2 nitrogen and oxygen atoms in total. The molecule has 1 saturated heterocycles. The van der Waals surface area contributed by atoms with Crippen LogP contribution in [0.25, 0.3) is 22.3 Å². The van der Waals surface area contributed by atoms with Gasteiger partial charge in [0.1, 0.15) is 5.82 Å². The number of rotatable bonds is 7. The molecule has 0 amide bonds. The Hall–Kier alpha value is -2.77. The van der Waals surface area contributed by atoms with Crippen molar-refractivity contribution in [1.82, 2.24) is 0 Å². The quantitative estimate of drug-likeness (QED) is 0.313. The Morgan fingerprint density at radius 3 is 2.09 bits per heavy atom. The molecule has 0 radical (unpaired) electrons. The van der Waals surface area contributed by atoms with Crippen molar-refractivity contribution in [2.24, 2.45) is 0 Å². The molecule has 4 rings (SSSR count).